The smallest absolute Gasteiger partial charge is 0.351 e. The van der Waals surface area contributed by atoms with Gasteiger partial charge in [-0.1, -0.05) is 12.1 Å². The topological polar surface area (TPSA) is 55.1 Å². The lowest BCUT2D eigenvalue weighted by Crippen LogP contribution is -2.37. The molecule has 3 nitrogen and oxygen atoms in total. The molecule has 0 spiro atoms. The van der Waals surface area contributed by atoms with E-state index in [1.165, 1.54) is 19.1 Å². The number of halogens is 3. The Morgan fingerprint density at radius 1 is 1.35 bits per heavy atom. The lowest BCUT2D eigenvalue weighted by molar-refractivity contribution is -0.137. The molecular weight excluding hydrogens is 233 g/mol. The van der Waals surface area contributed by atoms with Crippen LogP contribution in [0.1, 0.15) is 18.1 Å². The first-order valence-electron chi connectivity index (χ1n) is 5.00. The molecule has 0 radical (unpaired) electrons. The Labute approximate surface area is 96.8 Å². The molecule has 6 heteroatoms. The molecule has 1 unspecified atom stereocenters. The number of carbonyl (C=O) groups is 1. The van der Waals surface area contributed by atoms with Gasteiger partial charge in [0.25, 0.3) is 0 Å². The first-order chi connectivity index (χ1) is 7.80. The average molecular weight is 246 g/mol. The molecule has 1 rings (SSSR count). The van der Waals surface area contributed by atoms with Crippen LogP contribution in [-0.2, 0) is 17.5 Å². The van der Waals surface area contributed by atoms with Gasteiger partial charge in [-0.05, 0) is 24.6 Å². The molecule has 1 aromatic carbocycles. The number of rotatable bonds is 3. The van der Waals surface area contributed by atoms with Crippen molar-refractivity contribution in [1.29, 1.82) is 0 Å². The molecule has 0 aromatic heterocycles. The number of amides is 1. The third-order valence-corrected chi connectivity index (χ3v) is 2.16. The van der Waals surface area contributed by atoms with E-state index in [0.717, 1.165) is 12.1 Å². The summed E-state index contributed by atoms with van der Waals surface area (Å²) in [7, 11) is 0. The van der Waals surface area contributed by atoms with Crippen LogP contribution in [0, 0.1) is 0 Å². The lowest BCUT2D eigenvalue weighted by atomic mass is 10.1. The Bertz CT molecular complexity index is 385. The monoisotopic (exact) mass is 246 g/mol. The molecule has 0 saturated heterocycles. The van der Waals surface area contributed by atoms with Crippen LogP contribution in [0.2, 0.25) is 0 Å². The van der Waals surface area contributed by atoms with Crippen LogP contribution < -0.4 is 11.1 Å². The second kappa shape index (κ2) is 5.18. The van der Waals surface area contributed by atoms with E-state index in [4.69, 9.17) is 5.73 Å². The standard InChI is InChI=1S/C11H13F3N2O/c1-7(15)10(17)16-6-8-2-4-9(5-3-8)11(12,13)14/h2-5,7H,6,15H2,1H3,(H,16,17). The Hall–Kier alpha value is -1.56. The van der Waals surface area contributed by atoms with Crippen molar-refractivity contribution in [2.45, 2.75) is 25.7 Å². The maximum atomic E-state index is 12.3. The zero-order chi connectivity index (χ0) is 13.1. The summed E-state index contributed by atoms with van der Waals surface area (Å²) in [4.78, 5) is 11.1. The van der Waals surface area contributed by atoms with Crippen molar-refractivity contribution >= 4 is 5.91 Å². The number of carbonyl (C=O) groups excluding carboxylic acids is 1. The van der Waals surface area contributed by atoms with E-state index in [0.29, 0.717) is 5.56 Å². The summed E-state index contributed by atoms with van der Waals surface area (Å²) < 4.78 is 36.8. The van der Waals surface area contributed by atoms with Crippen LogP contribution in [0.5, 0.6) is 0 Å². The molecule has 1 amide bonds. The van der Waals surface area contributed by atoms with E-state index < -0.39 is 17.8 Å². The van der Waals surface area contributed by atoms with E-state index in [-0.39, 0.29) is 12.5 Å². The molecule has 0 heterocycles. The summed E-state index contributed by atoms with van der Waals surface area (Å²) in [5.41, 5.74) is 5.20. The molecule has 0 fully saturated rings. The van der Waals surface area contributed by atoms with E-state index in [1.54, 1.807) is 0 Å². The van der Waals surface area contributed by atoms with Crippen molar-refractivity contribution in [2.75, 3.05) is 0 Å². The van der Waals surface area contributed by atoms with Crippen LogP contribution >= 0.6 is 0 Å². The third-order valence-electron chi connectivity index (χ3n) is 2.16. The number of alkyl halides is 3. The van der Waals surface area contributed by atoms with Crippen LogP contribution in [0.15, 0.2) is 24.3 Å². The predicted molar refractivity (Wildman–Crippen MR) is 56.9 cm³/mol. The summed E-state index contributed by atoms with van der Waals surface area (Å²) in [5.74, 6) is -0.343. The molecule has 0 aliphatic carbocycles. The van der Waals surface area contributed by atoms with E-state index in [9.17, 15) is 18.0 Å². The number of benzene rings is 1. The highest BCUT2D eigenvalue weighted by molar-refractivity contribution is 5.80. The van der Waals surface area contributed by atoms with Gasteiger partial charge in [0.15, 0.2) is 0 Å². The maximum absolute atomic E-state index is 12.3. The minimum Gasteiger partial charge on any atom is -0.351 e. The minimum atomic E-state index is -4.34. The quantitative estimate of drug-likeness (QED) is 0.852. The maximum Gasteiger partial charge on any atom is 0.416 e. The fourth-order valence-electron chi connectivity index (χ4n) is 1.16. The fraction of sp³-hybridized carbons (Fsp3) is 0.364. The van der Waals surface area contributed by atoms with Crippen LogP contribution in [0.3, 0.4) is 0 Å². The summed E-state index contributed by atoms with van der Waals surface area (Å²) >= 11 is 0. The third kappa shape index (κ3) is 4.07. The molecule has 1 atom stereocenters. The van der Waals surface area contributed by atoms with Gasteiger partial charge in [0.1, 0.15) is 0 Å². The molecule has 0 aliphatic rings. The van der Waals surface area contributed by atoms with Crippen molar-refractivity contribution in [1.82, 2.24) is 5.32 Å². The summed E-state index contributed by atoms with van der Waals surface area (Å²) in [6.07, 6.45) is -4.34. The largest absolute Gasteiger partial charge is 0.416 e. The van der Waals surface area contributed by atoms with Crippen LogP contribution in [0.25, 0.3) is 0 Å². The number of hydrogen-bond acceptors (Lipinski definition) is 2. The van der Waals surface area contributed by atoms with Crippen molar-refractivity contribution in [3.63, 3.8) is 0 Å². The number of nitrogens with two attached hydrogens (primary N) is 1. The molecule has 94 valence electrons. The SMILES string of the molecule is CC(N)C(=O)NCc1ccc(C(F)(F)F)cc1. The summed E-state index contributed by atoms with van der Waals surface area (Å²) in [5, 5.41) is 2.51. The minimum absolute atomic E-state index is 0.165. The number of hydrogen-bond donors (Lipinski definition) is 2. The first kappa shape index (κ1) is 13.5. The van der Waals surface area contributed by atoms with Crippen LogP contribution in [-0.4, -0.2) is 11.9 Å². The average Bonchev–Trinajstić information content (AvgIpc) is 2.25. The Balaban J connectivity index is 2.61. The number of nitrogens with one attached hydrogen (secondary N) is 1. The highest BCUT2D eigenvalue weighted by atomic mass is 19.4. The van der Waals surface area contributed by atoms with Crippen molar-refractivity contribution in [3.05, 3.63) is 35.4 Å². The van der Waals surface area contributed by atoms with Gasteiger partial charge in [0.2, 0.25) is 5.91 Å². The zero-order valence-corrected chi connectivity index (χ0v) is 9.21. The van der Waals surface area contributed by atoms with Gasteiger partial charge >= 0.3 is 6.18 Å². The van der Waals surface area contributed by atoms with Crippen molar-refractivity contribution < 1.29 is 18.0 Å². The van der Waals surface area contributed by atoms with E-state index in [2.05, 4.69) is 5.32 Å². The molecule has 0 bridgehead atoms. The molecular formula is C11H13F3N2O. The van der Waals surface area contributed by atoms with Gasteiger partial charge < -0.3 is 11.1 Å². The molecule has 0 saturated carbocycles. The van der Waals surface area contributed by atoms with Gasteiger partial charge in [-0.2, -0.15) is 13.2 Å². The van der Waals surface area contributed by atoms with E-state index >= 15 is 0 Å². The zero-order valence-electron chi connectivity index (χ0n) is 9.21. The molecule has 1 aromatic rings. The van der Waals surface area contributed by atoms with Gasteiger partial charge in [-0.3, -0.25) is 4.79 Å². The fourth-order valence-corrected chi connectivity index (χ4v) is 1.16. The van der Waals surface area contributed by atoms with Crippen LogP contribution in [0.4, 0.5) is 13.2 Å². The Morgan fingerprint density at radius 3 is 2.29 bits per heavy atom. The Kier molecular flexibility index (Phi) is 4.11. The van der Waals surface area contributed by atoms with Crippen molar-refractivity contribution in [2.24, 2.45) is 5.73 Å². The predicted octanol–water partition coefficient (Wildman–Crippen LogP) is 1.67. The molecule has 3 N–H and O–H groups in total. The molecule has 17 heavy (non-hydrogen) atoms. The van der Waals surface area contributed by atoms with E-state index in [1.807, 2.05) is 0 Å². The second-order valence-electron chi connectivity index (χ2n) is 3.70. The summed E-state index contributed by atoms with van der Waals surface area (Å²) in [6.45, 7) is 1.70. The van der Waals surface area contributed by atoms with Gasteiger partial charge in [0.05, 0.1) is 11.6 Å². The normalized spacial score (nSPS) is 13.2. The summed E-state index contributed by atoms with van der Waals surface area (Å²) in [6, 6.07) is 3.97. The highest BCUT2D eigenvalue weighted by Crippen LogP contribution is 2.28. The first-order valence-corrected chi connectivity index (χ1v) is 5.00. The van der Waals surface area contributed by atoms with Crippen molar-refractivity contribution in [3.8, 4) is 0 Å². The Morgan fingerprint density at radius 2 is 1.88 bits per heavy atom. The lowest BCUT2D eigenvalue weighted by Gasteiger charge is -2.09. The second-order valence-corrected chi connectivity index (χ2v) is 3.70. The highest BCUT2D eigenvalue weighted by Gasteiger charge is 2.29. The van der Waals surface area contributed by atoms with Gasteiger partial charge in [-0.15, -0.1) is 0 Å². The van der Waals surface area contributed by atoms with Gasteiger partial charge in [-0.25, -0.2) is 0 Å². The molecule has 0 aliphatic heterocycles. The van der Waals surface area contributed by atoms with Gasteiger partial charge in [0, 0.05) is 6.54 Å².